The normalized spacial score (nSPS) is 28.0. The first-order valence-corrected chi connectivity index (χ1v) is 8.30. The lowest BCUT2D eigenvalue weighted by Crippen LogP contribution is -2.48. The van der Waals surface area contributed by atoms with E-state index in [0.717, 1.165) is 36.0 Å². The largest absolute Gasteiger partial charge is 0.481 e. The molecule has 0 saturated heterocycles. The number of hydrogen-bond acceptors (Lipinski definition) is 3. The molecule has 5 nitrogen and oxygen atoms in total. The van der Waals surface area contributed by atoms with Crippen molar-refractivity contribution in [2.24, 2.45) is 11.8 Å². The topological polar surface area (TPSA) is 67.5 Å². The van der Waals surface area contributed by atoms with Crippen LogP contribution in [0.4, 0.5) is 0 Å². The van der Waals surface area contributed by atoms with E-state index in [9.17, 15) is 9.90 Å². The molecule has 0 unspecified atom stereocenters. The Morgan fingerprint density at radius 1 is 1.17 bits per heavy atom. The number of benzene rings is 1. The number of carboxylic acid groups (broad SMARTS) is 1. The molecule has 2 bridgehead atoms. The highest BCUT2D eigenvalue weighted by molar-refractivity contribution is 5.76. The average molecular weight is 319 g/mol. The Morgan fingerprint density at radius 3 is 2.71 bits per heavy atom. The maximum absolute atomic E-state index is 11.6. The molecule has 0 aliphatic heterocycles. The molecule has 5 heteroatoms. The second-order valence-corrected chi connectivity index (χ2v) is 7.07. The van der Waals surface area contributed by atoms with Crippen LogP contribution in [0, 0.1) is 11.8 Å². The van der Waals surface area contributed by atoms with E-state index in [4.69, 9.17) is 0 Å². The summed E-state index contributed by atoms with van der Waals surface area (Å²) >= 11 is 0. The number of hydrogen-bond donors (Lipinski definition) is 1. The lowest BCUT2D eigenvalue weighted by molar-refractivity contribution is -0.150. The van der Waals surface area contributed by atoms with Crippen LogP contribution in [0.3, 0.4) is 0 Å². The minimum atomic E-state index is -0.633. The SMILES string of the molecule is O=C(O)[C@@H]1[C@@H]2CC[C@@]1(c1ccc(-c3ccc4nncn4c3)cc1)C2. The molecule has 3 aliphatic rings. The molecule has 1 N–H and O–H groups in total. The average Bonchev–Trinajstić information content (AvgIpc) is 3.28. The van der Waals surface area contributed by atoms with E-state index >= 15 is 0 Å². The van der Waals surface area contributed by atoms with Crippen molar-refractivity contribution in [1.82, 2.24) is 14.6 Å². The van der Waals surface area contributed by atoms with Gasteiger partial charge in [-0.1, -0.05) is 24.3 Å². The molecule has 3 fully saturated rings. The quantitative estimate of drug-likeness (QED) is 0.805. The first-order valence-electron chi connectivity index (χ1n) is 8.30. The molecule has 0 radical (unpaired) electrons. The van der Waals surface area contributed by atoms with Crippen molar-refractivity contribution in [3.05, 3.63) is 54.5 Å². The third-order valence-electron chi connectivity index (χ3n) is 6.00. The maximum atomic E-state index is 11.6. The van der Waals surface area contributed by atoms with E-state index in [-0.39, 0.29) is 11.3 Å². The maximum Gasteiger partial charge on any atom is 0.307 e. The Labute approximate surface area is 139 Å². The number of aliphatic carboxylic acids is 1. The number of carboxylic acids is 1. The number of carbonyl (C=O) groups is 1. The van der Waals surface area contributed by atoms with Crippen molar-refractivity contribution in [2.45, 2.75) is 24.7 Å². The van der Waals surface area contributed by atoms with Crippen LogP contribution in [0.5, 0.6) is 0 Å². The van der Waals surface area contributed by atoms with Gasteiger partial charge in [-0.3, -0.25) is 9.20 Å². The Hall–Kier alpha value is -2.69. The zero-order valence-corrected chi connectivity index (χ0v) is 13.1. The summed E-state index contributed by atoms with van der Waals surface area (Å²) in [5.41, 5.74) is 4.08. The predicted molar refractivity (Wildman–Crippen MR) is 88.6 cm³/mol. The summed E-state index contributed by atoms with van der Waals surface area (Å²) in [6.07, 6.45) is 6.77. The number of rotatable bonds is 3. The summed E-state index contributed by atoms with van der Waals surface area (Å²) in [4.78, 5) is 11.6. The molecule has 3 saturated carbocycles. The van der Waals surface area contributed by atoms with E-state index in [1.165, 1.54) is 5.56 Å². The van der Waals surface area contributed by atoms with Crippen molar-refractivity contribution >= 4 is 11.6 Å². The predicted octanol–water partition coefficient (Wildman–Crippen LogP) is 3.15. The molecule has 2 heterocycles. The van der Waals surface area contributed by atoms with Crippen LogP contribution in [0.15, 0.2) is 48.9 Å². The van der Waals surface area contributed by atoms with Crippen LogP contribution >= 0.6 is 0 Å². The van der Waals surface area contributed by atoms with Crippen LogP contribution in [-0.4, -0.2) is 25.7 Å². The van der Waals surface area contributed by atoms with Gasteiger partial charge in [0, 0.05) is 11.6 Å². The van der Waals surface area contributed by atoms with Crippen LogP contribution in [0.25, 0.3) is 16.8 Å². The highest BCUT2D eigenvalue weighted by Gasteiger charge is 2.62. The molecule has 0 spiro atoms. The Kier molecular flexibility index (Phi) is 2.66. The van der Waals surface area contributed by atoms with Crippen LogP contribution in [0.1, 0.15) is 24.8 Å². The second kappa shape index (κ2) is 4.66. The first kappa shape index (κ1) is 13.7. The monoisotopic (exact) mass is 319 g/mol. The molecule has 1 aromatic carbocycles. The Balaban J connectivity index is 1.50. The summed E-state index contributed by atoms with van der Waals surface area (Å²) in [5, 5.41) is 17.5. The van der Waals surface area contributed by atoms with Gasteiger partial charge in [-0.25, -0.2) is 0 Å². The first-order chi connectivity index (χ1) is 11.7. The van der Waals surface area contributed by atoms with Gasteiger partial charge in [0.2, 0.25) is 0 Å². The lowest BCUT2D eigenvalue weighted by Gasteiger charge is -2.45. The van der Waals surface area contributed by atoms with E-state index < -0.39 is 5.97 Å². The summed E-state index contributed by atoms with van der Waals surface area (Å²) in [6, 6.07) is 12.4. The van der Waals surface area contributed by atoms with Crippen molar-refractivity contribution < 1.29 is 9.90 Å². The van der Waals surface area contributed by atoms with Crippen LogP contribution in [0.2, 0.25) is 0 Å². The minimum absolute atomic E-state index is 0.132. The van der Waals surface area contributed by atoms with Gasteiger partial charge in [0.15, 0.2) is 5.65 Å². The molecule has 3 aliphatic carbocycles. The van der Waals surface area contributed by atoms with E-state index in [1.54, 1.807) is 6.33 Å². The van der Waals surface area contributed by atoms with Gasteiger partial charge in [-0.05, 0) is 54.0 Å². The minimum Gasteiger partial charge on any atom is -0.481 e. The van der Waals surface area contributed by atoms with Crippen molar-refractivity contribution in [1.29, 1.82) is 0 Å². The number of fused-ring (bicyclic) bond motifs is 2. The number of aromatic nitrogens is 3. The standard InChI is InChI=1S/C19H17N3O2/c23-18(24)17-13-7-8-19(17,9-13)15-4-1-12(2-5-15)14-3-6-16-21-20-11-22(16)10-14/h1-6,10-11,13,17H,7-9H2,(H,23,24)/t13-,17+,19+/m1/s1. The summed E-state index contributed by atoms with van der Waals surface area (Å²) in [6.45, 7) is 0. The van der Waals surface area contributed by atoms with Gasteiger partial charge in [0.1, 0.15) is 6.33 Å². The Morgan fingerprint density at radius 2 is 1.96 bits per heavy atom. The zero-order chi connectivity index (χ0) is 16.3. The molecule has 3 atom stereocenters. The molecule has 2 aromatic heterocycles. The van der Waals surface area contributed by atoms with Gasteiger partial charge in [0.25, 0.3) is 0 Å². The van der Waals surface area contributed by atoms with E-state index in [1.807, 2.05) is 22.7 Å². The number of nitrogens with zero attached hydrogens (tertiary/aromatic N) is 3. The number of pyridine rings is 1. The van der Waals surface area contributed by atoms with Gasteiger partial charge in [0.05, 0.1) is 5.92 Å². The van der Waals surface area contributed by atoms with Gasteiger partial charge < -0.3 is 5.11 Å². The second-order valence-electron chi connectivity index (χ2n) is 7.07. The smallest absolute Gasteiger partial charge is 0.307 e. The third kappa shape index (κ3) is 1.72. The molecule has 0 amide bonds. The van der Waals surface area contributed by atoms with Gasteiger partial charge >= 0.3 is 5.97 Å². The highest BCUT2D eigenvalue weighted by atomic mass is 16.4. The van der Waals surface area contributed by atoms with E-state index in [0.29, 0.717) is 5.92 Å². The van der Waals surface area contributed by atoms with Gasteiger partial charge in [-0.15, -0.1) is 10.2 Å². The molecular weight excluding hydrogens is 302 g/mol. The Bertz CT molecular complexity index is 943. The fourth-order valence-electron chi connectivity index (χ4n) is 4.85. The zero-order valence-electron chi connectivity index (χ0n) is 13.1. The fraction of sp³-hybridized carbons (Fsp3) is 0.316. The van der Waals surface area contributed by atoms with Crippen molar-refractivity contribution in [3.8, 4) is 11.1 Å². The highest BCUT2D eigenvalue weighted by Crippen LogP contribution is 2.64. The summed E-state index contributed by atoms with van der Waals surface area (Å²) in [5.74, 6) is -0.457. The van der Waals surface area contributed by atoms with Gasteiger partial charge in [-0.2, -0.15) is 0 Å². The van der Waals surface area contributed by atoms with Crippen molar-refractivity contribution in [2.75, 3.05) is 0 Å². The van der Waals surface area contributed by atoms with E-state index in [2.05, 4.69) is 34.5 Å². The van der Waals surface area contributed by atoms with Crippen LogP contribution < -0.4 is 0 Å². The summed E-state index contributed by atoms with van der Waals surface area (Å²) < 4.78 is 1.90. The van der Waals surface area contributed by atoms with Crippen molar-refractivity contribution in [3.63, 3.8) is 0 Å². The molecular formula is C19H17N3O2. The fourth-order valence-corrected chi connectivity index (χ4v) is 4.85. The molecule has 24 heavy (non-hydrogen) atoms. The molecule has 120 valence electrons. The molecule has 6 rings (SSSR count). The van der Waals surface area contributed by atoms with Crippen LogP contribution in [-0.2, 0) is 10.2 Å². The molecule has 3 aromatic rings. The third-order valence-corrected chi connectivity index (χ3v) is 6.00. The lowest BCUT2D eigenvalue weighted by atomic mass is 9.57. The summed E-state index contributed by atoms with van der Waals surface area (Å²) in [7, 11) is 0.